The number of nitrogens with one attached hydrogen (secondary N) is 1. The zero-order valence-electron chi connectivity index (χ0n) is 17.5. The van der Waals surface area contributed by atoms with Crippen molar-refractivity contribution in [3.05, 3.63) is 50.9 Å². The number of phenolic OH excluding ortho intramolecular Hbond substituents is 1. The summed E-state index contributed by atoms with van der Waals surface area (Å²) in [6, 6.07) is 7.45. The number of aromatic hydroxyl groups is 1. The topological polar surface area (TPSA) is 72.5 Å². The fraction of sp³-hybridized carbons (Fsp3) is 0.478. The van der Waals surface area contributed by atoms with Crippen LogP contribution in [0.15, 0.2) is 29.1 Å². The van der Waals surface area contributed by atoms with E-state index < -0.39 is 0 Å². The van der Waals surface area contributed by atoms with Crippen LogP contribution in [-0.2, 0) is 12.8 Å². The zero-order chi connectivity index (χ0) is 20.8. The largest absolute Gasteiger partial charge is 0.508 e. The Hall–Kier alpha value is -2.38. The standard InChI is InChI=1S/C23H28N4O2S/c1-14-3-8-18-19(13-14)30-23-20(18)22(29)24-21(25-23)15(2)26-9-11-27(12-10-26)16-4-6-17(28)7-5-16/h4-7,14-15,28H,3,8-13H2,1-2H3,(H,24,25,29). The molecule has 158 valence electrons. The lowest BCUT2D eigenvalue weighted by molar-refractivity contribution is 0.192. The monoisotopic (exact) mass is 424 g/mol. The molecule has 1 saturated heterocycles. The van der Waals surface area contributed by atoms with Crippen molar-refractivity contribution >= 4 is 27.2 Å². The summed E-state index contributed by atoms with van der Waals surface area (Å²) >= 11 is 1.72. The number of aromatic nitrogens is 2. The van der Waals surface area contributed by atoms with Gasteiger partial charge in [0.1, 0.15) is 16.4 Å². The van der Waals surface area contributed by atoms with Crippen LogP contribution in [0, 0.1) is 5.92 Å². The number of benzene rings is 1. The molecule has 6 nitrogen and oxygen atoms in total. The maximum atomic E-state index is 12.9. The van der Waals surface area contributed by atoms with Gasteiger partial charge in [-0.3, -0.25) is 9.69 Å². The molecule has 30 heavy (non-hydrogen) atoms. The molecule has 3 aromatic rings. The number of anilines is 1. The lowest BCUT2D eigenvalue weighted by Crippen LogP contribution is -2.47. The van der Waals surface area contributed by atoms with Crippen LogP contribution < -0.4 is 10.5 Å². The van der Waals surface area contributed by atoms with Gasteiger partial charge in [0.15, 0.2) is 0 Å². The van der Waals surface area contributed by atoms with Gasteiger partial charge in [-0.1, -0.05) is 6.92 Å². The van der Waals surface area contributed by atoms with Crippen LogP contribution in [0.4, 0.5) is 5.69 Å². The van der Waals surface area contributed by atoms with Gasteiger partial charge in [0, 0.05) is 36.7 Å². The van der Waals surface area contributed by atoms with Crippen LogP contribution in [0.5, 0.6) is 5.75 Å². The van der Waals surface area contributed by atoms with Crippen LogP contribution in [0.1, 0.15) is 42.6 Å². The molecule has 0 saturated carbocycles. The van der Waals surface area contributed by atoms with Gasteiger partial charge in [-0.05, 0) is 61.9 Å². The number of rotatable bonds is 3. The normalized spacial score (nSPS) is 21.0. The number of aryl methyl sites for hydroxylation is 1. The Morgan fingerprint density at radius 3 is 2.67 bits per heavy atom. The smallest absolute Gasteiger partial charge is 0.259 e. The van der Waals surface area contributed by atoms with E-state index in [9.17, 15) is 9.90 Å². The average molecular weight is 425 g/mol. The summed E-state index contributed by atoms with van der Waals surface area (Å²) in [4.78, 5) is 27.9. The first-order chi connectivity index (χ1) is 14.5. The number of hydrogen-bond acceptors (Lipinski definition) is 6. The van der Waals surface area contributed by atoms with E-state index in [-0.39, 0.29) is 11.6 Å². The fourth-order valence-corrected chi connectivity index (χ4v) is 6.16. The maximum Gasteiger partial charge on any atom is 0.259 e. The number of hydrogen-bond donors (Lipinski definition) is 2. The molecule has 0 spiro atoms. The molecule has 2 N–H and O–H groups in total. The number of phenols is 1. The number of nitrogens with zero attached hydrogens (tertiary/aromatic N) is 3. The maximum absolute atomic E-state index is 12.9. The van der Waals surface area contributed by atoms with Gasteiger partial charge in [-0.2, -0.15) is 0 Å². The molecular weight excluding hydrogens is 396 g/mol. The summed E-state index contributed by atoms with van der Waals surface area (Å²) in [5.74, 6) is 1.76. The second-order valence-corrected chi connectivity index (χ2v) is 9.78. The quantitative estimate of drug-likeness (QED) is 0.671. The first-order valence-electron chi connectivity index (χ1n) is 10.8. The third-order valence-electron chi connectivity index (χ3n) is 6.66. The summed E-state index contributed by atoms with van der Waals surface area (Å²) in [7, 11) is 0. The van der Waals surface area contributed by atoms with Gasteiger partial charge in [0.2, 0.25) is 0 Å². The van der Waals surface area contributed by atoms with Crippen molar-refractivity contribution in [1.82, 2.24) is 14.9 Å². The number of thiophene rings is 1. The molecule has 1 aromatic carbocycles. The highest BCUT2D eigenvalue weighted by Gasteiger charge is 2.27. The number of H-pyrrole nitrogens is 1. The first kappa shape index (κ1) is 19.6. The van der Waals surface area contributed by atoms with E-state index in [1.54, 1.807) is 23.5 Å². The molecule has 0 amide bonds. The molecule has 2 unspecified atom stereocenters. The Bertz CT molecular complexity index is 1110. The number of piperazine rings is 1. The van der Waals surface area contributed by atoms with Crippen molar-refractivity contribution in [2.75, 3.05) is 31.1 Å². The van der Waals surface area contributed by atoms with Crippen LogP contribution in [0.2, 0.25) is 0 Å². The lowest BCUT2D eigenvalue weighted by atomic mass is 9.89. The van der Waals surface area contributed by atoms with Crippen LogP contribution in [0.25, 0.3) is 10.2 Å². The molecule has 2 atom stereocenters. The predicted molar refractivity (Wildman–Crippen MR) is 122 cm³/mol. The lowest BCUT2D eigenvalue weighted by Gasteiger charge is -2.38. The molecule has 1 aliphatic carbocycles. The van der Waals surface area contributed by atoms with Gasteiger partial charge in [0.25, 0.3) is 5.56 Å². The second kappa shape index (κ2) is 7.71. The van der Waals surface area contributed by atoms with Crippen LogP contribution in [-0.4, -0.2) is 46.2 Å². The van der Waals surface area contributed by atoms with Gasteiger partial charge < -0.3 is 15.0 Å². The molecule has 7 heteroatoms. The van der Waals surface area contributed by atoms with E-state index in [1.165, 1.54) is 10.4 Å². The summed E-state index contributed by atoms with van der Waals surface area (Å²) < 4.78 is 0. The average Bonchev–Trinajstić information content (AvgIpc) is 3.11. The molecule has 0 bridgehead atoms. The third-order valence-corrected chi connectivity index (χ3v) is 7.80. The van der Waals surface area contributed by atoms with E-state index in [2.05, 4.69) is 28.6 Å². The van der Waals surface area contributed by atoms with Gasteiger partial charge in [0.05, 0.1) is 11.4 Å². The summed E-state index contributed by atoms with van der Waals surface area (Å²) in [6.07, 6.45) is 3.22. The van der Waals surface area contributed by atoms with Gasteiger partial charge in [-0.25, -0.2) is 4.98 Å². The molecule has 1 aliphatic heterocycles. The summed E-state index contributed by atoms with van der Waals surface area (Å²) in [6.45, 7) is 8.05. The summed E-state index contributed by atoms with van der Waals surface area (Å²) in [5, 5.41) is 10.3. The van der Waals surface area contributed by atoms with Gasteiger partial charge >= 0.3 is 0 Å². The Kier molecular flexibility index (Phi) is 5.03. The fourth-order valence-electron chi connectivity index (χ4n) is 4.77. The van der Waals surface area contributed by atoms with E-state index in [1.807, 2.05) is 12.1 Å². The minimum atomic E-state index is 0.0247. The molecule has 0 radical (unpaired) electrons. The molecule has 3 heterocycles. The van der Waals surface area contributed by atoms with Crippen molar-refractivity contribution in [3.63, 3.8) is 0 Å². The van der Waals surface area contributed by atoms with E-state index >= 15 is 0 Å². The Morgan fingerprint density at radius 1 is 1.20 bits per heavy atom. The van der Waals surface area contributed by atoms with Crippen LogP contribution >= 0.6 is 11.3 Å². The van der Waals surface area contributed by atoms with E-state index in [0.29, 0.717) is 11.7 Å². The highest BCUT2D eigenvalue weighted by Crippen LogP contribution is 2.36. The van der Waals surface area contributed by atoms with Crippen LogP contribution in [0.3, 0.4) is 0 Å². The van der Waals surface area contributed by atoms with Crippen molar-refractivity contribution in [1.29, 1.82) is 0 Å². The van der Waals surface area contributed by atoms with Crippen molar-refractivity contribution < 1.29 is 5.11 Å². The minimum absolute atomic E-state index is 0.0247. The first-order valence-corrected chi connectivity index (χ1v) is 11.6. The molecule has 2 aliphatic rings. The predicted octanol–water partition coefficient (Wildman–Crippen LogP) is 3.70. The molecule has 2 aromatic heterocycles. The minimum Gasteiger partial charge on any atom is -0.508 e. The SMILES string of the molecule is CC1CCc2c(sc3nc(C(C)N4CCN(c5ccc(O)cc5)CC4)[nH]c(=O)c23)C1. The molecular formula is C23H28N4O2S. The third kappa shape index (κ3) is 3.50. The van der Waals surface area contributed by atoms with Crippen molar-refractivity contribution in [2.24, 2.45) is 5.92 Å². The zero-order valence-corrected chi connectivity index (χ0v) is 18.3. The Balaban J connectivity index is 1.34. The van der Waals surface area contributed by atoms with E-state index in [0.717, 1.165) is 67.2 Å². The highest BCUT2D eigenvalue weighted by molar-refractivity contribution is 7.18. The number of fused-ring (bicyclic) bond motifs is 3. The number of aromatic amines is 1. The molecule has 5 rings (SSSR count). The Morgan fingerprint density at radius 2 is 1.93 bits per heavy atom. The van der Waals surface area contributed by atoms with E-state index in [4.69, 9.17) is 4.98 Å². The van der Waals surface area contributed by atoms with Gasteiger partial charge in [-0.15, -0.1) is 11.3 Å². The highest BCUT2D eigenvalue weighted by atomic mass is 32.1. The second-order valence-electron chi connectivity index (χ2n) is 8.70. The Labute approximate surface area is 180 Å². The molecule has 1 fully saturated rings. The van der Waals surface area contributed by atoms with Crippen molar-refractivity contribution in [2.45, 2.75) is 39.2 Å². The summed E-state index contributed by atoms with van der Waals surface area (Å²) in [5.41, 5.74) is 2.40. The van der Waals surface area contributed by atoms with Crippen molar-refractivity contribution in [3.8, 4) is 5.75 Å².